The molecule has 0 bridgehead atoms. The van der Waals surface area contributed by atoms with Crippen LogP contribution >= 0.6 is 0 Å². The summed E-state index contributed by atoms with van der Waals surface area (Å²) in [5.74, 6) is -0.341. The van der Waals surface area contributed by atoms with Crippen LogP contribution < -0.4 is 10.6 Å². The standard InChI is InChI=1S/C21H24N2O2/c1-15-5-3-7-17(11-15)13-22-19(24)21(9-10-21)20(25)23-14-18-8-4-6-16(2)12-18/h3-8,11-12H,9-10,13-14H2,1-2H3,(H,22,24)(H,23,25). The van der Waals surface area contributed by atoms with Crippen molar-refractivity contribution in [2.75, 3.05) is 0 Å². The van der Waals surface area contributed by atoms with E-state index in [1.165, 1.54) is 0 Å². The predicted molar refractivity (Wildman–Crippen MR) is 97.7 cm³/mol. The van der Waals surface area contributed by atoms with E-state index in [1.54, 1.807) is 0 Å². The van der Waals surface area contributed by atoms with E-state index in [9.17, 15) is 9.59 Å². The Hall–Kier alpha value is -2.62. The Labute approximate surface area is 148 Å². The van der Waals surface area contributed by atoms with Crippen molar-refractivity contribution in [2.24, 2.45) is 5.41 Å². The molecule has 25 heavy (non-hydrogen) atoms. The van der Waals surface area contributed by atoms with Crippen molar-refractivity contribution < 1.29 is 9.59 Å². The van der Waals surface area contributed by atoms with Gasteiger partial charge in [-0.2, -0.15) is 0 Å². The lowest BCUT2D eigenvalue weighted by Gasteiger charge is -2.16. The highest BCUT2D eigenvalue weighted by molar-refractivity contribution is 6.07. The summed E-state index contributed by atoms with van der Waals surface area (Å²) in [4.78, 5) is 25.0. The molecule has 2 aromatic rings. The van der Waals surface area contributed by atoms with Crippen molar-refractivity contribution >= 4 is 11.8 Å². The number of benzene rings is 2. The summed E-state index contributed by atoms with van der Waals surface area (Å²) >= 11 is 0. The maximum atomic E-state index is 12.5. The molecule has 0 saturated heterocycles. The van der Waals surface area contributed by atoms with Crippen molar-refractivity contribution in [3.63, 3.8) is 0 Å². The van der Waals surface area contributed by atoms with Gasteiger partial charge in [-0.25, -0.2) is 0 Å². The summed E-state index contributed by atoms with van der Waals surface area (Å²) in [6.07, 6.45) is 1.23. The molecular formula is C21H24N2O2. The van der Waals surface area contributed by atoms with Crippen molar-refractivity contribution in [3.8, 4) is 0 Å². The van der Waals surface area contributed by atoms with Crippen LogP contribution in [0.2, 0.25) is 0 Å². The third-order valence-corrected chi connectivity index (χ3v) is 4.69. The lowest BCUT2D eigenvalue weighted by molar-refractivity contribution is -0.137. The molecule has 0 aliphatic heterocycles. The summed E-state index contributed by atoms with van der Waals surface area (Å²) in [6.45, 7) is 4.94. The van der Waals surface area contributed by atoms with Crippen molar-refractivity contribution in [2.45, 2.75) is 39.8 Å². The highest BCUT2D eigenvalue weighted by Gasteiger charge is 2.56. The van der Waals surface area contributed by atoms with E-state index in [4.69, 9.17) is 0 Å². The molecule has 3 rings (SSSR count). The van der Waals surface area contributed by atoms with Crippen LogP contribution in [0.4, 0.5) is 0 Å². The second-order valence-electron chi connectivity index (χ2n) is 6.93. The first-order chi connectivity index (χ1) is 12.0. The quantitative estimate of drug-likeness (QED) is 0.797. The Morgan fingerprint density at radius 1 is 0.840 bits per heavy atom. The van der Waals surface area contributed by atoms with Gasteiger partial charge in [0.2, 0.25) is 11.8 Å². The highest BCUT2D eigenvalue weighted by atomic mass is 16.2. The minimum Gasteiger partial charge on any atom is -0.351 e. The maximum Gasteiger partial charge on any atom is 0.235 e. The fourth-order valence-corrected chi connectivity index (χ4v) is 3.03. The zero-order chi connectivity index (χ0) is 17.9. The second kappa shape index (κ2) is 7.09. The number of nitrogens with one attached hydrogen (secondary N) is 2. The zero-order valence-electron chi connectivity index (χ0n) is 14.8. The van der Waals surface area contributed by atoms with Gasteiger partial charge in [-0.05, 0) is 37.8 Å². The lowest BCUT2D eigenvalue weighted by atomic mass is 10.0. The molecule has 4 heteroatoms. The van der Waals surface area contributed by atoms with Crippen LogP contribution in [0.3, 0.4) is 0 Å². The van der Waals surface area contributed by atoms with Gasteiger partial charge in [-0.15, -0.1) is 0 Å². The normalized spacial score (nSPS) is 14.6. The Bertz CT molecular complexity index is 730. The van der Waals surface area contributed by atoms with Crippen molar-refractivity contribution in [3.05, 3.63) is 70.8 Å². The first kappa shape index (κ1) is 17.2. The van der Waals surface area contributed by atoms with Crippen LogP contribution in [0.1, 0.15) is 35.1 Å². The summed E-state index contributed by atoms with van der Waals surface area (Å²) in [5, 5.41) is 5.83. The number of carbonyl (C=O) groups excluding carboxylic acids is 2. The van der Waals surface area contributed by atoms with Crippen LogP contribution in [-0.2, 0) is 22.7 Å². The summed E-state index contributed by atoms with van der Waals surface area (Å²) in [7, 11) is 0. The van der Waals surface area contributed by atoms with E-state index in [0.717, 1.165) is 22.3 Å². The summed E-state index contributed by atoms with van der Waals surface area (Å²) < 4.78 is 0. The number of rotatable bonds is 6. The molecule has 1 fully saturated rings. The van der Waals surface area contributed by atoms with Gasteiger partial charge in [0.1, 0.15) is 5.41 Å². The molecule has 1 saturated carbocycles. The molecule has 0 heterocycles. The largest absolute Gasteiger partial charge is 0.351 e. The molecule has 4 nitrogen and oxygen atoms in total. The molecule has 2 amide bonds. The Morgan fingerprint density at radius 3 is 1.64 bits per heavy atom. The third-order valence-electron chi connectivity index (χ3n) is 4.69. The number of carbonyl (C=O) groups is 2. The number of hydrogen-bond donors (Lipinski definition) is 2. The van der Waals surface area contributed by atoms with E-state index >= 15 is 0 Å². The molecule has 2 aromatic carbocycles. The van der Waals surface area contributed by atoms with Gasteiger partial charge in [0.05, 0.1) is 0 Å². The Morgan fingerprint density at radius 2 is 1.28 bits per heavy atom. The molecule has 0 unspecified atom stereocenters. The van der Waals surface area contributed by atoms with Gasteiger partial charge in [-0.1, -0.05) is 59.7 Å². The molecule has 0 spiro atoms. The number of hydrogen-bond acceptors (Lipinski definition) is 2. The van der Waals surface area contributed by atoms with E-state index < -0.39 is 5.41 Å². The third kappa shape index (κ3) is 4.08. The van der Waals surface area contributed by atoms with Crippen molar-refractivity contribution in [1.29, 1.82) is 0 Å². The van der Waals surface area contributed by atoms with Gasteiger partial charge in [0, 0.05) is 13.1 Å². The van der Waals surface area contributed by atoms with Gasteiger partial charge in [0.15, 0.2) is 0 Å². The van der Waals surface area contributed by atoms with Crippen LogP contribution in [-0.4, -0.2) is 11.8 Å². The SMILES string of the molecule is Cc1cccc(CNC(=O)C2(C(=O)NCc3cccc(C)c3)CC2)c1. The van der Waals surface area contributed by atoms with Gasteiger partial charge >= 0.3 is 0 Å². The highest BCUT2D eigenvalue weighted by Crippen LogP contribution is 2.46. The average Bonchev–Trinajstić information content (AvgIpc) is 3.40. The molecule has 1 aliphatic carbocycles. The van der Waals surface area contributed by atoms with E-state index in [-0.39, 0.29) is 11.8 Å². The van der Waals surface area contributed by atoms with Gasteiger partial charge in [0.25, 0.3) is 0 Å². The monoisotopic (exact) mass is 336 g/mol. The Kier molecular flexibility index (Phi) is 4.88. The first-order valence-electron chi connectivity index (χ1n) is 8.67. The molecule has 0 atom stereocenters. The minimum absolute atomic E-state index is 0.171. The second-order valence-corrected chi connectivity index (χ2v) is 6.93. The topological polar surface area (TPSA) is 58.2 Å². The van der Waals surface area contributed by atoms with Gasteiger partial charge in [-0.3, -0.25) is 9.59 Å². The zero-order valence-corrected chi connectivity index (χ0v) is 14.8. The van der Waals surface area contributed by atoms with Crippen molar-refractivity contribution in [1.82, 2.24) is 10.6 Å². The van der Waals surface area contributed by atoms with E-state index in [0.29, 0.717) is 25.9 Å². The fraction of sp³-hybridized carbons (Fsp3) is 0.333. The Balaban J connectivity index is 1.55. The average molecular weight is 336 g/mol. The number of amides is 2. The molecule has 2 N–H and O–H groups in total. The van der Waals surface area contributed by atoms with E-state index in [1.807, 2.05) is 62.4 Å². The molecule has 1 aliphatic rings. The molecule has 0 radical (unpaired) electrons. The first-order valence-corrected chi connectivity index (χ1v) is 8.67. The lowest BCUT2D eigenvalue weighted by Crippen LogP contribution is -2.42. The number of aryl methyl sites for hydroxylation is 2. The molecule has 130 valence electrons. The predicted octanol–water partition coefficient (Wildman–Crippen LogP) is 3.02. The maximum absolute atomic E-state index is 12.5. The van der Waals surface area contributed by atoms with Crippen LogP contribution in [0.15, 0.2) is 48.5 Å². The fourth-order valence-electron chi connectivity index (χ4n) is 3.03. The summed E-state index contributed by atoms with van der Waals surface area (Å²) in [5.41, 5.74) is 3.52. The van der Waals surface area contributed by atoms with Crippen LogP contribution in [0.25, 0.3) is 0 Å². The minimum atomic E-state index is -0.881. The molecular weight excluding hydrogens is 312 g/mol. The smallest absolute Gasteiger partial charge is 0.235 e. The van der Waals surface area contributed by atoms with E-state index in [2.05, 4.69) is 10.6 Å². The summed E-state index contributed by atoms with van der Waals surface area (Å²) in [6, 6.07) is 16.0. The van der Waals surface area contributed by atoms with Crippen LogP contribution in [0.5, 0.6) is 0 Å². The molecule has 0 aromatic heterocycles. The van der Waals surface area contributed by atoms with Gasteiger partial charge < -0.3 is 10.6 Å². The van der Waals surface area contributed by atoms with Crippen LogP contribution in [0, 0.1) is 19.3 Å².